The summed E-state index contributed by atoms with van der Waals surface area (Å²) >= 11 is 0. The molecule has 5 heteroatoms. The van der Waals surface area contributed by atoms with E-state index in [9.17, 15) is 4.21 Å². The summed E-state index contributed by atoms with van der Waals surface area (Å²) < 4.78 is 10.7. The molecule has 0 saturated carbocycles. The zero-order valence-electron chi connectivity index (χ0n) is 7.56. The fourth-order valence-electron chi connectivity index (χ4n) is 0.882. The topological polar surface area (TPSA) is 54.9 Å². The molecule has 0 amide bonds. The fraction of sp³-hybridized carbons (Fsp3) is 0.500. The van der Waals surface area contributed by atoms with E-state index < -0.39 is 10.8 Å². The number of hydrogen-bond acceptors (Lipinski definition) is 4. The van der Waals surface area contributed by atoms with Crippen LogP contribution in [0.5, 0.6) is 0 Å². The van der Waals surface area contributed by atoms with Crippen LogP contribution in [0.4, 0.5) is 5.82 Å². The highest BCUT2D eigenvalue weighted by Gasteiger charge is 1.93. The Hall–Kier alpha value is -0.970. The minimum atomic E-state index is -0.699. The Morgan fingerprint density at radius 1 is 1.54 bits per heavy atom. The van der Waals surface area contributed by atoms with Crippen molar-refractivity contribution >= 4 is 16.6 Å². The number of nitrogens with zero attached hydrogens (tertiary/aromatic N) is 2. The van der Waals surface area contributed by atoms with E-state index in [0.29, 0.717) is 0 Å². The van der Waals surface area contributed by atoms with Crippen LogP contribution in [0, 0.1) is 0 Å². The zero-order chi connectivity index (χ0) is 9.52. The predicted octanol–water partition coefficient (Wildman–Crippen LogP) is 0.657. The highest BCUT2D eigenvalue weighted by atomic mass is 32.2. The van der Waals surface area contributed by atoms with Crippen LogP contribution >= 0.6 is 0 Å². The van der Waals surface area contributed by atoms with Crippen LogP contribution in [0.3, 0.4) is 0 Å². The zero-order valence-corrected chi connectivity index (χ0v) is 8.38. The van der Waals surface area contributed by atoms with Crippen molar-refractivity contribution in [3.8, 4) is 0 Å². The Labute approximate surface area is 80.3 Å². The second-order valence-electron chi connectivity index (χ2n) is 2.65. The van der Waals surface area contributed by atoms with Gasteiger partial charge in [0.25, 0.3) is 0 Å². The number of aromatic nitrogens is 2. The van der Waals surface area contributed by atoms with Crippen LogP contribution < -0.4 is 5.32 Å². The van der Waals surface area contributed by atoms with Crippen molar-refractivity contribution in [1.29, 1.82) is 0 Å². The fourth-order valence-corrected chi connectivity index (χ4v) is 1.43. The van der Waals surface area contributed by atoms with Crippen molar-refractivity contribution in [1.82, 2.24) is 9.97 Å². The quantitative estimate of drug-likeness (QED) is 0.708. The molecule has 1 N–H and O–H groups in total. The van der Waals surface area contributed by atoms with Gasteiger partial charge in [-0.05, 0) is 6.42 Å². The molecular weight excluding hydrogens is 186 g/mol. The molecule has 1 aromatic rings. The smallest absolute Gasteiger partial charge is 0.144 e. The molecule has 72 valence electrons. The Balaban J connectivity index is 2.17. The molecule has 0 saturated heterocycles. The lowest BCUT2D eigenvalue weighted by Crippen LogP contribution is -2.07. The van der Waals surface area contributed by atoms with E-state index >= 15 is 0 Å². The van der Waals surface area contributed by atoms with Crippen LogP contribution in [-0.2, 0) is 10.8 Å². The second-order valence-corrected chi connectivity index (χ2v) is 4.20. The van der Waals surface area contributed by atoms with Crippen LogP contribution in [0.15, 0.2) is 18.6 Å². The van der Waals surface area contributed by atoms with Crippen LogP contribution in [0.2, 0.25) is 0 Å². The molecular formula is C8H13N3OS. The molecule has 1 atom stereocenters. The van der Waals surface area contributed by atoms with Gasteiger partial charge in [-0.3, -0.25) is 9.19 Å². The minimum Gasteiger partial charge on any atom is -0.369 e. The molecule has 0 spiro atoms. The first-order chi connectivity index (χ1) is 6.29. The van der Waals surface area contributed by atoms with Gasteiger partial charge < -0.3 is 5.32 Å². The molecule has 0 bridgehead atoms. The first-order valence-corrected chi connectivity index (χ1v) is 5.81. The summed E-state index contributed by atoms with van der Waals surface area (Å²) in [5.41, 5.74) is 0. The Kier molecular flexibility index (Phi) is 4.39. The first kappa shape index (κ1) is 10.1. The highest BCUT2D eigenvalue weighted by Crippen LogP contribution is 1.96. The van der Waals surface area contributed by atoms with E-state index in [0.717, 1.165) is 24.5 Å². The Morgan fingerprint density at radius 3 is 3.00 bits per heavy atom. The number of nitrogens with one attached hydrogen (secondary N) is 1. The van der Waals surface area contributed by atoms with Gasteiger partial charge in [0.1, 0.15) is 5.82 Å². The van der Waals surface area contributed by atoms with Crippen molar-refractivity contribution in [3.63, 3.8) is 0 Å². The molecule has 13 heavy (non-hydrogen) atoms. The molecule has 0 fully saturated rings. The van der Waals surface area contributed by atoms with Gasteiger partial charge in [0, 0.05) is 41.7 Å². The molecule has 0 aliphatic rings. The van der Waals surface area contributed by atoms with E-state index in [1.54, 1.807) is 24.8 Å². The van der Waals surface area contributed by atoms with Gasteiger partial charge in [0.15, 0.2) is 0 Å². The van der Waals surface area contributed by atoms with Gasteiger partial charge in [-0.2, -0.15) is 0 Å². The number of anilines is 1. The highest BCUT2D eigenvalue weighted by molar-refractivity contribution is 7.84. The van der Waals surface area contributed by atoms with E-state index in [1.165, 1.54) is 0 Å². The summed E-state index contributed by atoms with van der Waals surface area (Å²) in [7, 11) is -0.699. The molecule has 1 rings (SSSR count). The average Bonchev–Trinajstić information content (AvgIpc) is 2.14. The summed E-state index contributed by atoms with van der Waals surface area (Å²) in [5.74, 6) is 1.50. The number of hydrogen-bond donors (Lipinski definition) is 1. The molecule has 1 aromatic heterocycles. The maximum atomic E-state index is 10.7. The molecule has 0 aliphatic heterocycles. The van der Waals surface area contributed by atoms with Gasteiger partial charge in [-0.25, -0.2) is 4.98 Å². The third-order valence-electron chi connectivity index (χ3n) is 1.48. The van der Waals surface area contributed by atoms with Crippen molar-refractivity contribution in [3.05, 3.63) is 18.6 Å². The van der Waals surface area contributed by atoms with Crippen LogP contribution in [0.1, 0.15) is 6.42 Å². The lowest BCUT2D eigenvalue weighted by Gasteiger charge is -2.02. The van der Waals surface area contributed by atoms with E-state index in [4.69, 9.17) is 0 Å². The summed E-state index contributed by atoms with van der Waals surface area (Å²) in [4.78, 5) is 7.96. The van der Waals surface area contributed by atoms with E-state index in [2.05, 4.69) is 15.3 Å². The standard InChI is InChI=1S/C8H13N3OS/c1-13(12)6-2-3-10-8-7-9-4-5-11-8/h4-5,7H,2-3,6H2,1H3,(H,10,11). The second kappa shape index (κ2) is 5.64. The SMILES string of the molecule is CS(=O)CCCNc1cnccn1. The molecule has 1 unspecified atom stereocenters. The largest absolute Gasteiger partial charge is 0.369 e. The van der Waals surface area contributed by atoms with E-state index in [-0.39, 0.29) is 0 Å². The maximum absolute atomic E-state index is 10.7. The van der Waals surface area contributed by atoms with Gasteiger partial charge in [-0.1, -0.05) is 0 Å². The Morgan fingerprint density at radius 2 is 2.38 bits per heavy atom. The van der Waals surface area contributed by atoms with Gasteiger partial charge >= 0.3 is 0 Å². The summed E-state index contributed by atoms with van der Waals surface area (Å²) in [6.45, 7) is 0.790. The van der Waals surface area contributed by atoms with Crippen molar-refractivity contribution < 1.29 is 4.21 Å². The Bertz CT molecular complexity index is 265. The average molecular weight is 199 g/mol. The van der Waals surface area contributed by atoms with Crippen molar-refractivity contribution in [2.45, 2.75) is 6.42 Å². The lowest BCUT2D eigenvalue weighted by molar-refractivity contribution is 0.685. The van der Waals surface area contributed by atoms with Crippen molar-refractivity contribution in [2.24, 2.45) is 0 Å². The first-order valence-electron chi connectivity index (χ1n) is 4.09. The van der Waals surface area contributed by atoms with E-state index in [1.807, 2.05) is 0 Å². The molecule has 0 aromatic carbocycles. The normalized spacial score (nSPS) is 12.4. The molecule has 4 nitrogen and oxygen atoms in total. The molecule has 0 radical (unpaired) electrons. The summed E-state index contributed by atoms with van der Waals surface area (Å²) in [6.07, 6.45) is 7.54. The predicted molar refractivity (Wildman–Crippen MR) is 54.1 cm³/mol. The summed E-state index contributed by atoms with van der Waals surface area (Å²) in [6, 6.07) is 0. The van der Waals surface area contributed by atoms with Crippen LogP contribution in [-0.4, -0.2) is 32.7 Å². The molecule has 0 aliphatic carbocycles. The maximum Gasteiger partial charge on any atom is 0.144 e. The summed E-state index contributed by atoms with van der Waals surface area (Å²) in [5, 5.41) is 3.09. The third-order valence-corrected chi connectivity index (χ3v) is 2.34. The number of rotatable bonds is 5. The van der Waals surface area contributed by atoms with Crippen molar-refractivity contribution in [2.75, 3.05) is 23.9 Å². The third kappa shape index (κ3) is 4.57. The van der Waals surface area contributed by atoms with Gasteiger partial charge in [0.2, 0.25) is 0 Å². The minimum absolute atomic E-state index is 0.699. The monoisotopic (exact) mass is 199 g/mol. The lowest BCUT2D eigenvalue weighted by atomic mass is 10.5. The molecule has 1 heterocycles. The van der Waals surface area contributed by atoms with Crippen LogP contribution in [0.25, 0.3) is 0 Å². The van der Waals surface area contributed by atoms with Gasteiger partial charge in [0.05, 0.1) is 6.20 Å². The van der Waals surface area contributed by atoms with Gasteiger partial charge in [-0.15, -0.1) is 0 Å².